The molecule has 0 radical (unpaired) electrons. The van der Waals surface area contributed by atoms with Crippen molar-refractivity contribution in [1.82, 2.24) is 15.3 Å². The van der Waals surface area contributed by atoms with Crippen molar-refractivity contribution in [2.75, 3.05) is 10.6 Å². The molecule has 184 valence electrons. The van der Waals surface area contributed by atoms with Gasteiger partial charge in [-0.3, -0.25) is 9.59 Å². The summed E-state index contributed by atoms with van der Waals surface area (Å²) in [5, 5.41) is 9.47. The molecule has 1 aromatic carbocycles. The standard InChI is InChI=1S/C25H26F3N5O2/c1-14-6-7-20-19(10-14)21(13-22(33-20)25(26,27)28)31-17-4-3-5-18(12-17)32-24(35)16-8-9-29-23(11-16)30-15(2)34/h6-11,13,17-18H,3-5,12H2,1-2H3,(H,31,33)(H,32,35)(H,29,30,34)/t17-,18?/m0/s1. The lowest BCUT2D eigenvalue weighted by Crippen LogP contribution is -2.41. The van der Waals surface area contributed by atoms with E-state index >= 15 is 0 Å². The molecule has 1 aliphatic rings. The fourth-order valence-electron chi connectivity index (χ4n) is 4.37. The Hall–Kier alpha value is -3.69. The fraction of sp³-hybridized carbons (Fsp3) is 0.360. The highest BCUT2D eigenvalue weighted by molar-refractivity contribution is 5.96. The van der Waals surface area contributed by atoms with Crippen LogP contribution in [-0.4, -0.2) is 33.9 Å². The van der Waals surface area contributed by atoms with Gasteiger partial charge in [0, 0.05) is 41.8 Å². The molecule has 2 amide bonds. The summed E-state index contributed by atoms with van der Waals surface area (Å²) in [5.74, 6) is -0.300. The van der Waals surface area contributed by atoms with E-state index in [1.54, 1.807) is 18.2 Å². The SMILES string of the molecule is CC(=O)Nc1cc(C(=O)NC2CCC[C@H](Nc3cc(C(F)(F)F)nc4ccc(C)cc34)C2)ccn1. The van der Waals surface area contributed by atoms with Crippen LogP contribution in [0, 0.1) is 6.92 Å². The van der Waals surface area contributed by atoms with Gasteiger partial charge in [0.1, 0.15) is 11.5 Å². The van der Waals surface area contributed by atoms with Crippen LogP contribution in [0.3, 0.4) is 0 Å². The Morgan fingerprint density at radius 1 is 1.06 bits per heavy atom. The van der Waals surface area contributed by atoms with E-state index < -0.39 is 11.9 Å². The van der Waals surface area contributed by atoms with Crippen molar-refractivity contribution >= 4 is 34.2 Å². The number of hydrogen-bond acceptors (Lipinski definition) is 5. The molecule has 0 saturated heterocycles. The lowest BCUT2D eigenvalue weighted by molar-refractivity contribution is -0.140. The molecule has 3 N–H and O–H groups in total. The molecule has 0 spiro atoms. The van der Waals surface area contributed by atoms with Gasteiger partial charge in [-0.05, 0) is 62.9 Å². The number of pyridine rings is 2. The number of nitrogens with one attached hydrogen (secondary N) is 3. The molecule has 7 nitrogen and oxygen atoms in total. The Morgan fingerprint density at radius 2 is 1.83 bits per heavy atom. The average Bonchev–Trinajstić information content (AvgIpc) is 2.78. The summed E-state index contributed by atoms with van der Waals surface area (Å²) >= 11 is 0. The highest BCUT2D eigenvalue weighted by Gasteiger charge is 2.34. The molecule has 1 saturated carbocycles. The first-order valence-corrected chi connectivity index (χ1v) is 11.4. The van der Waals surface area contributed by atoms with Gasteiger partial charge < -0.3 is 16.0 Å². The zero-order chi connectivity index (χ0) is 25.2. The zero-order valence-corrected chi connectivity index (χ0v) is 19.4. The van der Waals surface area contributed by atoms with Crippen LogP contribution in [0.5, 0.6) is 0 Å². The second kappa shape index (κ2) is 9.89. The highest BCUT2D eigenvalue weighted by Crippen LogP contribution is 2.34. The Morgan fingerprint density at radius 3 is 2.57 bits per heavy atom. The van der Waals surface area contributed by atoms with Crippen LogP contribution in [0.4, 0.5) is 24.7 Å². The van der Waals surface area contributed by atoms with Crippen LogP contribution in [0.1, 0.15) is 54.2 Å². The minimum absolute atomic E-state index is 0.117. The molecule has 1 fully saturated rings. The molecule has 4 rings (SSSR count). The van der Waals surface area contributed by atoms with Gasteiger partial charge in [0.15, 0.2) is 0 Å². The van der Waals surface area contributed by atoms with Gasteiger partial charge >= 0.3 is 6.18 Å². The molecule has 2 heterocycles. The van der Waals surface area contributed by atoms with Crippen molar-refractivity contribution in [3.63, 3.8) is 0 Å². The van der Waals surface area contributed by atoms with Gasteiger partial charge in [0.2, 0.25) is 5.91 Å². The first kappa shape index (κ1) is 24.4. The highest BCUT2D eigenvalue weighted by atomic mass is 19.4. The van der Waals surface area contributed by atoms with Gasteiger partial charge in [0.05, 0.1) is 5.52 Å². The topological polar surface area (TPSA) is 96.0 Å². The Bertz CT molecular complexity index is 1260. The normalized spacial score (nSPS) is 18.2. The Kier molecular flexibility index (Phi) is 6.90. The van der Waals surface area contributed by atoms with E-state index in [-0.39, 0.29) is 35.2 Å². The summed E-state index contributed by atoms with van der Waals surface area (Å²) in [6, 6.07) is 9.01. The Labute approximate surface area is 200 Å². The van der Waals surface area contributed by atoms with E-state index in [2.05, 4.69) is 25.9 Å². The zero-order valence-electron chi connectivity index (χ0n) is 19.4. The molecule has 3 aromatic rings. The smallest absolute Gasteiger partial charge is 0.382 e. The quantitative estimate of drug-likeness (QED) is 0.469. The molecular formula is C25H26F3N5O2. The van der Waals surface area contributed by atoms with E-state index in [0.29, 0.717) is 23.1 Å². The second-order valence-electron chi connectivity index (χ2n) is 8.86. The number of halogens is 3. The number of alkyl halides is 3. The van der Waals surface area contributed by atoms with E-state index in [1.165, 1.54) is 19.2 Å². The molecule has 10 heteroatoms. The van der Waals surface area contributed by atoms with Gasteiger partial charge in [-0.2, -0.15) is 13.2 Å². The molecule has 35 heavy (non-hydrogen) atoms. The van der Waals surface area contributed by atoms with Crippen molar-refractivity contribution in [3.05, 3.63) is 59.4 Å². The largest absolute Gasteiger partial charge is 0.433 e. The van der Waals surface area contributed by atoms with Crippen LogP contribution >= 0.6 is 0 Å². The third-order valence-corrected chi connectivity index (χ3v) is 5.95. The second-order valence-corrected chi connectivity index (χ2v) is 8.86. The fourth-order valence-corrected chi connectivity index (χ4v) is 4.37. The minimum Gasteiger partial charge on any atom is -0.382 e. The van der Waals surface area contributed by atoms with E-state index in [4.69, 9.17) is 0 Å². The number of benzene rings is 1. The molecule has 0 aliphatic heterocycles. The maximum absolute atomic E-state index is 13.5. The van der Waals surface area contributed by atoms with Crippen LogP contribution in [0.25, 0.3) is 10.9 Å². The van der Waals surface area contributed by atoms with Crippen LogP contribution in [-0.2, 0) is 11.0 Å². The maximum Gasteiger partial charge on any atom is 0.433 e. The van der Waals surface area contributed by atoms with Gasteiger partial charge in [-0.15, -0.1) is 0 Å². The first-order valence-electron chi connectivity index (χ1n) is 11.4. The Balaban J connectivity index is 1.50. The van der Waals surface area contributed by atoms with Crippen LogP contribution < -0.4 is 16.0 Å². The number of amides is 2. The van der Waals surface area contributed by atoms with Crippen LogP contribution in [0.2, 0.25) is 0 Å². The third-order valence-electron chi connectivity index (χ3n) is 5.95. The number of nitrogens with zero attached hydrogens (tertiary/aromatic N) is 2. The van der Waals surface area contributed by atoms with E-state index in [9.17, 15) is 22.8 Å². The summed E-state index contributed by atoms with van der Waals surface area (Å²) in [7, 11) is 0. The number of hydrogen-bond donors (Lipinski definition) is 3. The monoisotopic (exact) mass is 485 g/mol. The van der Waals surface area contributed by atoms with Crippen molar-refractivity contribution in [2.45, 2.75) is 57.8 Å². The number of carbonyl (C=O) groups excluding carboxylic acids is 2. The van der Waals surface area contributed by atoms with Crippen molar-refractivity contribution in [3.8, 4) is 0 Å². The summed E-state index contributed by atoms with van der Waals surface area (Å²) in [4.78, 5) is 31.8. The van der Waals surface area contributed by atoms with Gasteiger partial charge in [-0.25, -0.2) is 9.97 Å². The summed E-state index contributed by atoms with van der Waals surface area (Å²) in [5.41, 5.74) is 1.01. The van der Waals surface area contributed by atoms with Crippen molar-refractivity contribution in [1.29, 1.82) is 0 Å². The number of aryl methyl sites for hydroxylation is 1. The summed E-state index contributed by atoms with van der Waals surface area (Å²) in [6.07, 6.45) is -0.209. The summed E-state index contributed by atoms with van der Waals surface area (Å²) in [6.45, 7) is 3.23. The van der Waals surface area contributed by atoms with Crippen molar-refractivity contribution in [2.24, 2.45) is 0 Å². The van der Waals surface area contributed by atoms with E-state index in [0.717, 1.165) is 30.9 Å². The third kappa shape index (κ3) is 6.06. The lowest BCUT2D eigenvalue weighted by atomic mass is 9.90. The van der Waals surface area contributed by atoms with Crippen LogP contribution in [0.15, 0.2) is 42.6 Å². The molecule has 2 aromatic heterocycles. The number of anilines is 2. The molecule has 1 aliphatic carbocycles. The lowest BCUT2D eigenvalue weighted by Gasteiger charge is -2.31. The van der Waals surface area contributed by atoms with E-state index in [1.807, 2.05) is 13.0 Å². The number of rotatable bonds is 5. The first-order chi connectivity index (χ1) is 16.6. The minimum atomic E-state index is -4.56. The van der Waals surface area contributed by atoms with Crippen molar-refractivity contribution < 1.29 is 22.8 Å². The predicted octanol–water partition coefficient (Wildman–Crippen LogP) is 5.07. The number of aromatic nitrogens is 2. The number of fused-ring (bicyclic) bond motifs is 1. The maximum atomic E-state index is 13.5. The summed E-state index contributed by atoms with van der Waals surface area (Å²) < 4.78 is 40.4. The average molecular weight is 486 g/mol. The number of carbonyl (C=O) groups is 2. The molecule has 2 atom stereocenters. The molecule has 0 bridgehead atoms. The molecule has 1 unspecified atom stereocenters. The van der Waals surface area contributed by atoms with Gasteiger partial charge in [-0.1, -0.05) is 11.6 Å². The predicted molar refractivity (Wildman–Crippen MR) is 127 cm³/mol. The molecular weight excluding hydrogens is 459 g/mol. The van der Waals surface area contributed by atoms with Gasteiger partial charge in [0.25, 0.3) is 5.91 Å².